The van der Waals surface area contributed by atoms with Crippen molar-refractivity contribution in [2.75, 3.05) is 31.5 Å². The molecule has 0 spiro atoms. The van der Waals surface area contributed by atoms with Crippen molar-refractivity contribution in [3.8, 4) is 0 Å². The lowest BCUT2D eigenvalue weighted by Crippen LogP contribution is -2.47. The summed E-state index contributed by atoms with van der Waals surface area (Å²) in [5.74, 6) is 0. The number of urea groups is 1. The van der Waals surface area contributed by atoms with Crippen LogP contribution in [0, 0.1) is 0 Å². The Kier molecular flexibility index (Phi) is 5.78. The molecular formula is C22H27N5O2. The maximum Gasteiger partial charge on any atom is 0.319 e. The number of anilines is 1. The third-order valence-corrected chi connectivity index (χ3v) is 5.58. The van der Waals surface area contributed by atoms with E-state index in [0.717, 1.165) is 49.2 Å². The quantitative estimate of drug-likeness (QED) is 0.518. The van der Waals surface area contributed by atoms with Gasteiger partial charge in [0.05, 0.1) is 11.3 Å². The number of pyridine rings is 1. The lowest BCUT2D eigenvalue weighted by molar-refractivity contribution is -0.0201. The molecule has 1 aliphatic heterocycles. The summed E-state index contributed by atoms with van der Waals surface area (Å²) >= 11 is 0. The number of carbonyl (C=O) groups is 1. The summed E-state index contributed by atoms with van der Waals surface area (Å²) in [7, 11) is 0. The van der Waals surface area contributed by atoms with Gasteiger partial charge in [0.1, 0.15) is 5.65 Å². The van der Waals surface area contributed by atoms with Crippen LogP contribution in [0.5, 0.6) is 0 Å². The van der Waals surface area contributed by atoms with Crippen LogP contribution in [0.3, 0.4) is 0 Å². The van der Waals surface area contributed by atoms with E-state index in [9.17, 15) is 9.90 Å². The summed E-state index contributed by atoms with van der Waals surface area (Å²) < 4.78 is 0. The first-order valence-corrected chi connectivity index (χ1v) is 10.1. The highest BCUT2D eigenvalue weighted by Gasteiger charge is 2.32. The fourth-order valence-electron chi connectivity index (χ4n) is 3.91. The van der Waals surface area contributed by atoms with Gasteiger partial charge in [0.15, 0.2) is 0 Å². The molecule has 0 aliphatic carbocycles. The van der Waals surface area contributed by atoms with Crippen molar-refractivity contribution in [2.24, 2.45) is 0 Å². The van der Waals surface area contributed by atoms with Crippen LogP contribution in [0.4, 0.5) is 10.5 Å². The van der Waals surface area contributed by atoms with Crippen LogP contribution < -0.4 is 10.6 Å². The van der Waals surface area contributed by atoms with Crippen molar-refractivity contribution in [1.82, 2.24) is 20.2 Å². The number of aromatic amines is 1. The second kappa shape index (κ2) is 8.63. The molecule has 1 fully saturated rings. The van der Waals surface area contributed by atoms with Gasteiger partial charge < -0.3 is 25.6 Å². The van der Waals surface area contributed by atoms with Gasteiger partial charge in [-0.15, -0.1) is 0 Å². The molecule has 0 atom stereocenters. The molecule has 2 aromatic heterocycles. The molecule has 0 unspecified atom stereocenters. The molecule has 1 saturated heterocycles. The average Bonchev–Trinajstić information content (AvgIpc) is 3.20. The summed E-state index contributed by atoms with van der Waals surface area (Å²) in [4.78, 5) is 21.8. The SMILES string of the molecule is O=C(NCCN1CCC(O)(Cc2ccccc2)CC1)Nc1ccnc2[nH]ccc12. The van der Waals surface area contributed by atoms with Gasteiger partial charge in [-0.25, -0.2) is 9.78 Å². The number of aromatic nitrogens is 2. The molecule has 0 saturated carbocycles. The number of fused-ring (bicyclic) bond motifs is 1. The van der Waals surface area contributed by atoms with Crippen molar-refractivity contribution in [3.05, 3.63) is 60.4 Å². The Morgan fingerprint density at radius 2 is 1.97 bits per heavy atom. The molecule has 7 heteroatoms. The zero-order chi connectivity index (χ0) is 20.1. The summed E-state index contributed by atoms with van der Waals surface area (Å²) in [5.41, 5.74) is 2.03. The Hall–Kier alpha value is -2.90. The van der Waals surface area contributed by atoms with Crippen LogP contribution in [-0.4, -0.2) is 57.8 Å². The van der Waals surface area contributed by atoms with Crippen LogP contribution in [-0.2, 0) is 6.42 Å². The molecule has 7 nitrogen and oxygen atoms in total. The number of H-pyrrole nitrogens is 1. The minimum atomic E-state index is -0.633. The molecule has 4 N–H and O–H groups in total. The van der Waals surface area contributed by atoms with Gasteiger partial charge in [0.2, 0.25) is 0 Å². The van der Waals surface area contributed by atoms with Crippen molar-refractivity contribution in [1.29, 1.82) is 0 Å². The molecule has 1 aliphatic rings. The van der Waals surface area contributed by atoms with Gasteiger partial charge in [-0.05, 0) is 30.5 Å². The third kappa shape index (κ3) is 4.93. The van der Waals surface area contributed by atoms with E-state index in [4.69, 9.17) is 0 Å². The van der Waals surface area contributed by atoms with Crippen LogP contribution in [0.25, 0.3) is 11.0 Å². The Bertz CT molecular complexity index is 948. The third-order valence-electron chi connectivity index (χ3n) is 5.58. The maximum atomic E-state index is 12.2. The van der Waals surface area contributed by atoms with Gasteiger partial charge >= 0.3 is 6.03 Å². The Labute approximate surface area is 170 Å². The largest absolute Gasteiger partial charge is 0.389 e. The predicted octanol–water partition coefficient (Wildman–Crippen LogP) is 2.75. The zero-order valence-corrected chi connectivity index (χ0v) is 16.4. The van der Waals surface area contributed by atoms with Crippen LogP contribution >= 0.6 is 0 Å². The Morgan fingerprint density at radius 1 is 1.17 bits per heavy atom. The minimum Gasteiger partial charge on any atom is -0.389 e. The minimum absolute atomic E-state index is 0.226. The molecular weight excluding hydrogens is 366 g/mol. The number of benzene rings is 1. The number of carbonyl (C=O) groups excluding carboxylic acids is 1. The number of nitrogens with zero attached hydrogens (tertiary/aromatic N) is 2. The smallest absolute Gasteiger partial charge is 0.319 e. The molecule has 3 heterocycles. The second-order valence-corrected chi connectivity index (χ2v) is 7.71. The number of amides is 2. The fourth-order valence-corrected chi connectivity index (χ4v) is 3.91. The monoisotopic (exact) mass is 393 g/mol. The van der Waals surface area contributed by atoms with E-state index >= 15 is 0 Å². The van der Waals surface area contributed by atoms with E-state index in [1.165, 1.54) is 5.56 Å². The number of piperidine rings is 1. The number of nitrogens with one attached hydrogen (secondary N) is 3. The summed E-state index contributed by atoms with van der Waals surface area (Å²) in [5, 5.41) is 17.6. The van der Waals surface area contributed by atoms with Crippen LogP contribution in [0.2, 0.25) is 0 Å². The van der Waals surface area contributed by atoms with Crippen molar-refractivity contribution < 1.29 is 9.90 Å². The summed E-state index contributed by atoms with van der Waals surface area (Å²) in [6.07, 6.45) is 5.66. The molecule has 29 heavy (non-hydrogen) atoms. The molecule has 2 amide bonds. The van der Waals surface area contributed by atoms with E-state index < -0.39 is 5.60 Å². The lowest BCUT2D eigenvalue weighted by Gasteiger charge is -2.38. The van der Waals surface area contributed by atoms with Crippen molar-refractivity contribution in [3.63, 3.8) is 0 Å². The molecule has 4 rings (SSSR count). The molecule has 1 aromatic carbocycles. The molecule has 3 aromatic rings. The summed E-state index contributed by atoms with van der Waals surface area (Å²) in [6, 6.07) is 13.6. The van der Waals surface area contributed by atoms with E-state index in [1.54, 1.807) is 18.5 Å². The van der Waals surface area contributed by atoms with E-state index in [0.29, 0.717) is 13.0 Å². The molecule has 0 bridgehead atoms. The van der Waals surface area contributed by atoms with E-state index in [1.807, 2.05) is 24.3 Å². The highest BCUT2D eigenvalue weighted by Crippen LogP contribution is 2.26. The van der Waals surface area contributed by atoms with Crippen molar-refractivity contribution >= 4 is 22.8 Å². The number of hydrogen-bond donors (Lipinski definition) is 4. The highest BCUT2D eigenvalue weighted by atomic mass is 16.3. The first-order valence-electron chi connectivity index (χ1n) is 10.1. The van der Waals surface area contributed by atoms with Crippen LogP contribution in [0.1, 0.15) is 18.4 Å². The predicted molar refractivity (Wildman–Crippen MR) is 114 cm³/mol. The number of hydrogen-bond acceptors (Lipinski definition) is 4. The van der Waals surface area contributed by atoms with Crippen LogP contribution in [0.15, 0.2) is 54.9 Å². The lowest BCUT2D eigenvalue weighted by atomic mass is 9.85. The maximum absolute atomic E-state index is 12.2. The van der Waals surface area contributed by atoms with E-state index in [2.05, 4.69) is 37.6 Å². The summed E-state index contributed by atoms with van der Waals surface area (Å²) in [6.45, 7) is 3.00. The molecule has 152 valence electrons. The molecule has 0 radical (unpaired) electrons. The van der Waals surface area contributed by atoms with Gasteiger partial charge in [-0.3, -0.25) is 0 Å². The van der Waals surface area contributed by atoms with Crippen molar-refractivity contribution in [2.45, 2.75) is 24.9 Å². The number of aliphatic hydroxyl groups is 1. The fraction of sp³-hybridized carbons (Fsp3) is 0.364. The second-order valence-electron chi connectivity index (χ2n) is 7.71. The Balaban J connectivity index is 1.20. The number of likely N-dealkylation sites (tertiary alicyclic amines) is 1. The first-order chi connectivity index (χ1) is 14.1. The van der Waals surface area contributed by atoms with Gasteiger partial charge in [0, 0.05) is 50.4 Å². The van der Waals surface area contributed by atoms with Gasteiger partial charge in [-0.2, -0.15) is 0 Å². The topological polar surface area (TPSA) is 93.3 Å². The Morgan fingerprint density at radius 3 is 2.76 bits per heavy atom. The zero-order valence-electron chi connectivity index (χ0n) is 16.4. The van der Waals surface area contributed by atoms with E-state index in [-0.39, 0.29) is 6.03 Å². The van der Waals surface area contributed by atoms with Gasteiger partial charge in [0.25, 0.3) is 0 Å². The number of rotatable bonds is 6. The average molecular weight is 393 g/mol. The highest BCUT2D eigenvalue weighted by molar-refractivity contribution is 5.99. The van der Waals surface area contributed by atoms with Gasteiger partial charge in [-0.1, -0.05) is 30.3 Å². The first kappa shape index (κ1) is 19.4. The standard InChI is InChI=1S/C22H27N5O2/c28-21(26-19-7-11-24-20-18(19)6-10-23-20)25-12-15-27-13-8-22(29,9-14-27)16-17-4-2-1-3-5-17/h1-7,10-11,29H,8-9,12-16H2,(H3,23,24,25,26,28). The normalized spacial score (nSPS) is 16.6.